The van der Waals surface area contributed by atoms with E-state index in [2.05, 4.69) is 6.58 Å². The molecule has 1 aliphatic carbocycles. The normalized spacial score (nSPS) is 41.6. The maximum absolute atomic E-state index is 5.46. The lowest BCUT2D eigenvalue weighted by Gasteiger charge is -2.21. The summed E-state index contributed by atoms with van der Waals surface area (Å²) in [6.07, 6.45) is 1.01. The van der Waals surface area contributed by atoms with Gasteiger partial charge in [-0.05, 0) is 5.57 Å². The molecular formula is C7H10O2. The molecule has 2 aliphatic rings. The minimum Gasteiger partial charge on any atom is -0.376 e. The van der Waals surface area contributed by atoms with Gasteiger partial charge in [-0.1, -0.05) is 6.58 Å². The van der Waals surface area contributed by atoms with Crippen LogP contribution in [0.25, 0.3) is 0 Å². The Labute approximate surface area is 54.5 Å². The number of hydrogen-bond acceptors (Lipinski definition) is 2. The van der Waals surface area contributed by atoms with E-state index in [0.717, 1.165) is 26.2 Å². The summed E-state index contributed by atoms with van der Waals surface area (Å²) in [5.41, 5.74) is 1.17. The van der Waals surface area contributed by atoms with Crippen molar-refractivity contribution >= 4 is 0 Å². The summed E-state index contributed by atoms with van der Waals surface area (Å²) in [7, 11) is 0. The van der Waals surface area contributed by atoms with E-state index in [1.165, 1.54) is 5.57 Å². The quantitative estimate of drug-likeness (QED) is 0.445. The van der Waals surface area contributed by atoms with Crippen LogP contribution in [0.2, 0.25) is 0 Å². The average Bonchev–Trinajstić information content (AvgIpc) is 2.44. The van der Waals surface area contributed by atoms with Gasteiger partial charge < -0.3 is 9.47 Å². The standard InChI is InChI=1S/C7H10O2/c1-6-4-7(6)5-8-2-3-9-7/h1-5H2. The molecule has 1 unspecified atom stereocenters. The van der Waals surface area contributed by atoms with E-state index >= 15 is 0 Å². The first kappa shape index (κ1) is 5.45. The van der Waals surface area contributed by atoms with Crippen LogP contribution < -0.4 is 0 Å². The summed E-state index contributed by atoms with van der Waals surface area (Å²) in [5, 5.41) is 0. The zero-order valence-corrected chi connectivity index (χ0v) is 5.35. The first-order valence-electron chi connectivity index (χ1n) is 3.23. The molecule has 0 bridgehead atoms. The Bertz CT molecular complexity index is 145. The average molecular weight is 126 g/mol. The first-order chi connectivity index (χ1) is 4.33. The van der Waals surface area contributed by atoms with E-state index in [1.54, 1.807) is 0 Å². The Hall–Kier alpha value is -0.340. The minimum absolute atomic E-state index is 0.0295. The summed E-state index contributed by atoms with van der Waals surface area (Å²) >= 11 is 0. The lowest BCUT2D eigenvalue weighted by Crippen LogP contribution is -2.30. The molecule has 1 aliphatic heterocycles. The molecule has 9 heavy (non-hydrogen) atoms. The van der Waals surface area contributed by atoms with E-state index in [9.17, 15) is 0 Å². The summed E-state index contributed by atoms with van der Waals surface area (Å²) in [6.45, 7) is 6.05. The van der Waals surface area contributed by atoms with E-state index in [-0.39, 0.29) is 5.60 Å². The van der Waals surface area contributed by atoms with Crippen molar-refractivity contribution in [2.75, 3.05) is 19.8 Å². The van der Waals surface area contributed by atoms with Gasteiger partial charge in [0.2, 0.25) is 0 Å². The molecule has 0 aromatic carbocycles. The summed E-state index contributed by atoms with van der Waals surface area (Å²) in [5.74, 6) is 0. The van der Waals surface area contributed by atoms with Crippen molar-refractivity contribution in [2.45, 2.75) is 12.0 Å². The lowest BCUT2D eigenvalue weighted by molar-refractivity contribution is -0.0965. The van der Waals surface area contributed by atoms with E-state index in [0.29, 0.717) is 0 Å². The van der Waals surface area contributed by atoms with Crippen molar-refractivity contribution in [1.82, 2.24) is 0 Å². The van der Waals surface area contributed by atoms with Gasteiger partial charge in [0.25, 0.3) is 0 Å². The maximum Gasteiger partial charge on any atom is 0.116 e. The fraction of sp³-hybridized carbons (Fsp3) is 0.714. The molecule has 1 saturated heterocycles. The second-order valence-corrected chi connectivity index (χ2v) is 2.68. The molecule has 1 atom stereocenters. The van der Waals surface area contributed by atoms with Crippen LogP contribution in [0.5, 0.6) is 0 Å². The summed E-state index contributed by atoms with van der Waals surface area (Å²) in [6, 6.07) is 0. The van der Waals surface area contributed by atoms with Gasteiger partial charge in [0, 0.05) is 6.42 Å². The predicted octanol–water partition coefficient (Wildman–Crippen LogP) is 0.732. The number of hydrogen-bond donors (Lipinski definition) is 0. The second-order valence-electron chi connectivity index (χ2n) is 2.68. The largest absolute Gasteiger partial charge is 0.376 e. The zero-order chi connectivity index (χ0) is 6.32. The monoisotopic (exact) mass is 126 g/mol. The van der Waals surface area contributed by atoms with Crippen molar-refractivity contribution in [3.05, 3.63) is 12.2 Å². The Balaban J connectivity index is 2.04. The van der Waals surface area contributed by atoms with E-state index in [1.807, 2.05) is 0 Å². The highest BCUT2D eigenvalue weighted by atomic mass is 16.6. The molecule has 2 rings (SSSR count). The van der Waals surface area contributed by atoms with Crippen LogP contribution in [-0.2, 0) is 9.47 Å². The Morgan fingerprint density at radius 3 is 2.56 bits per heavy atom. The molecule has 1 saturated carbocycles. The highest BCUT2D eigenvalue weighted by Crippen LogP contribution is 2.46. The molecule has 1 spiro atoms. The van der Waals surface area contributed by atoms with Gasteiger partial charge in [-0.2, -0.15) is 0 Å². The summed E-state index contributed by atoms with van der Waals surface area (Å²) < 4.78 is 10.7. The molecule has 0 aromatic heterocycles. The van der Waals surface area contributed by atoms with E-state index < -0.39 is 0 Å². The topological polar surface area (TPSA) is 18.5 Å². The molecule has 2 heteroatoms. The fourth-order valence-corrected chi connectivity index (χ4v) is 1.18. The summed E-state index contributed by atoms with van der Waals surface area (Å²) in [4.78, 5) is 0. The molecule has 0 radical (unpaired) electrons. The number of ether oxygens (including phenoxy) is 2. The highest BCUT2D eigenvalue weighted by Gasteiger charge is 2.50. The van der Waals surface area contributed by atoms with Crippen LogP contribution in [0.3, 0.4) is 0 Å². The van der Waals surface area contributed by atoms with Crippen molar-refractivity contribution in [1.29, 1.82) is 0 Å². The van der Waals surface area contributed by atoms with Gasteiger partial charge in [-0.15, -0.1) is 0 Å². The Kier molecular flexibility index (Phi) is 0.957. The van der Waals surface area contributed by atoms with Crippen LogP contribution >= 0.6 is 0 Å². The van der Waals surface area contributed by atoms with Crippen molar-refractivity contribution in [3.63, 3.8) is 0 Å². The van der Waals surface area contributed by atoms with Crippen molar-refractivity contribution < 1.29 is 9.47 Å². The van der Waals surface area contributed by atoms with Gasteiger partial charge in [-0.25, -0.2) is 0 Å². The molecule has 50 valence electrons. The molecule has 2 nitrogen and oxygen atoms in total. The predicted molar refractivity (Wildman–Crippen MR) is 33.3 cm³/mol. The Morgan fingerprint density at radius 1 is 1.44 bits per heavy atom. The van der Waals surface area contributed by atoms with Gasteiger partial charge in [-0.3, -0.25) is 0 Å². The minimum atomic E-state index is -0.0295. The van der Waals surface area contributed by atoms with Crippen molar-refractivity contribution in [3.8, 4) is 0 Å². The lowest BCUT2D eigenvalue weighted by atomic mass is 10.3. The van der Waals surface area contributed by atoms with E-state index in [4.69, 9.17) is 9.47 Å². The molecule has 2 fully saturated rings. The fourth-order valence-electron chi connectivity index (χ4n) is 1.18. The van der Waals surface area contributed by atoms with Crippen LogP contribution in [0.4, 0.5) is 0 Å². The Morgan fingerprint density at radius 2 is 2.22 bits per heavy atom. The molecule has 0 N–H and O–H groups in total. The molecule has 0 amide bonds. The maximum atomic E-state index is 5.46. The number of rotatable bonds is 0. The smallest absolute Gasteiger partial charge is 0.116 e. The zero-order valence-electron chi connectivity index (χ0n) is 5.35. The molecule has 0 aromatic rings. The SMILES string of the molecule is C=C1CC12COCCO2. The third-order valence-corrected chi connectivity index (χ3v) is 1.96. The van der Waals surface area contributed by atoms with Crippen LogP contribution in [0.15, 0.2) is 12.2 Å². The molecular weight excluding hydrogens is 116 g/mol. The van der Waals surface area contributed by atoms with Crippen molar-refractivity contribution in [2.24, 2.45) is 0 Å². The third-order valence-electron chi connectivity index (χ3n) is 1.96. The third kappa shape index (κ3) is 0.705. The second kappa shape index (κ2) is 1.58. The van der Waals surface area contributed by atoms with Gasteiger partial charge in [0.15, 0.2) is 0 Å². The molecule has 1 heterocycles. The van der Waals surface area contributed by atoms with Gasteiger partial charge in [0.1, 0.15) is 5.60 Å². The highest BCUT2D eigenvalue weighted by molar-refractivity contribution is 5.33. The van der Waals surface area contributed by atoms with Gasteiger partial charge in [0.05, 0.1) is 19.8 Å². The van der Waals surface area contributed by atoms with Gasteiger partial charge >= 0.3 is 0 Å². The van der Waals surface area contributed by atoms with Crippen LogP contribution in [0, 0.1) is 0 Å². The van der Waals surface area contributed by atoms with Crippen LogP contribution in [-0.4, -0.2) is 25.4 Å². The first-order valence-corrected chi connectivity index (χ1v) is 3.23. The van der Waals surface area contributed by atoms with Crippen LogP contribution in [0.1, 0.15) is 6.42 Å².